The van der Waals surface area contributed by atoms with Crippen LogP contribution in [0.3, 0.4) is 0 Å². The van der Waals surface area contributed by atoms with Crippen LogP contribution in [0.4, 0.5) is 5.13 Å². The summed E-state index contributed by atoms with van der Waals surface area (Å²) in [5.74, 6) is -0.262. The first-order valence-electron chi connectivity index (χ1n) is 8.58. The van der Waals surface area contributed by atoms with Crippen LogP contribution in [0.2, 0.25) is 0 Å². The Balaban J connectivity index is 1.45. The summed E-state index contributed by atoms with van der Waals surface area (Å²) in [5, 5.41) is 6.19. The number of amides is 3. The minimum atomic E-state index is -0.597. The molecule has 2 aliphatic rings. The SMILES string of the molecule is NCc1nsc(NCc2ccc3c(c2)CN(C2CCC(=O)NC2=O)C3=O)n1. The maximum absolute atomic E-state index is 12.7. The van der Waals surface area contributed by atoms with Gasteiger partial charge < -0.3 is 16.0 Å². The van der Waals surface area contributed by atoms with Gasteiger partial charge in [-0.05, 0) is 23.6 Å². The number of nitrogens with one attached hydrogen (secondary N) is 2. The Morgan fingerprint density at radius 1 is 1.33 bits per heavy atom. The van der Waals surface area contributed by atoms with E-state index in [0.29, 0.717) is 42.6 Å². The van der Waals surface area contributed by atoms with Crippen LogP contribution >= 0.6 is 11.5 Å². The van der Waals surface area contributed by atoms with Crippen molar-refractivity contribution in [3.63, 3.8) is 0 Å². The number of piperidine rings is 1. The molecule has 9 nitrogen and oxygen atoms in total. The number of anilines is 1. The van der Waals surface area contributed by atoms with E-state index in [2.05, 4.69) is 20.0 Å². The molecule has 2 aliphatic heterocycles. The Labute approximate surface area is 159 Å². The molecule has 1 saturated heterocycles. The zero-order chi connectivity index (χ0) is 19.0. The van der Waals surface area contributed by atoms with Gasteiger partial charge in [-0.3, -0.25) is 19.7 Å². The first-order chi connectivity index (χ1) is 13.0. The summed E-state index contributed by atoms with van der Waals surface area (Å²) >= 11 is 1.25. The van der Waals surface area contributed by atoms with E-state index in [1.807, 2.05) is 12.1 Å². The van der Waals surface area contributed by atoms with Crippen molar-refractivity contribution in [2.75, 3.05) is 5.32 Å². The first-order valence-corrected chi connectivity index (χ1v) is 9.35. The second kappa shape index (κ2) is 7.05. The van der Waals surface area contributed by atoms with E-state index in [9.17, 15) is 14.4 Å². The maximum atomic E-state index is 12.7. The van der Waals surface area contributed by atoms with Gasteiger partial charge in [0, 0.05) is 36.6 Å². The highest BCUT2D eigenvalue weighted by Gasteiger charge is 2.38. The Hall–Kier alpha value is -2.85. The van der Waals surface area contributed by atoms with Crippen LogP contribution in [0, 0.1) is 0 Å². The van der Waals surface area contributed by atoms with Crippen LogP contribution in [-0.2, 0) is 29.2 Å². The Morgan fingerprint density at radius 2 is 2.19 bits per heavy atom. The average Bonchev–Trinajstić information content (AvgIpc) is 3.24. The molecular weight excluding hydrogens is 368 g/mol. The van der Waals surface area contributed by atoms with Gasteiger partial charge in [-0.1, -0.05) is 12.1 Å². The number of carbonyl (C=O) groups is 3. The molecule has 1 atom stereocenters. The van der Waals surface area contributed by atoms with Crippen molar-refractivity contribution in [3.05, 3.63) is 40.7 Å². The minimum Gasteiger partial charge on any atom is -0.356 e. The van der Waals surface area contributed by atoms with Gasteiger partial charge in [0.05, 0.1) is 6.54 Å². The van der Waals surface area contributed by atoms with Crippen molar-refractivity contribution in [1.29, 1.82) is 0 Å². The lowest BCUT2D eigenvalue weighted by Crippen LogP contribution is -2.52. The highest BCUT2D eigenvalue weighted by atomic mass is 32.1. The van der Waals surface area contributed by atoms with Crippen molar-refractivity contribution in [3.8, 4) is 0 Å². The second-order valence-electron chi connectivity index (χ2n) is 6.46. The van der Waals surface area contributed by atoms with Gasteiger partial charge in [0.2, 0.25) is 16.9 Å². The zero-order valence-electron chi connectivity index (χ0n) is 14.4. The summed E-state index contributed by atoms with van der Waals surface area (Å²) in [6.07, 6.45) is 0.609. The molecule has 0 saturated carbocycles. The van der Waals surface area contributed by atoms with Crippen molar-refractivity contribution in [1.82, 2.24) is 19.6 Å². The largest absolute Gasteiger partial charge is 0.356 e. The molecule has 1 aromatic carbocycles. The van der Waals surface area contributed by atoms with E-state index in [-0.39, 0.29) is 18.2 Å². The molecule has 4 rings (SSSR count). The lowest BCUT2D eigenvalue weighted by molar-refractivity contribution is -0.136. The molecule has 1 unspecified atom stereocenters. The average molecular weight is 386 g/mol. The van der Waals surface area contributed by atoms with E-state index in [1.165, 1.54) is 11.5 Å². The number of hydrogen-bond donors (Lipinski definition) is 3. The summed E-state index contributed by atoms with van der Waals surface area (Å²) in [7, 11) is 0. The summed E-state index contributed by atoms with van der Waals surface area (Å²) in [5.41, 5.74) is 7.98. The zero-order valence-corrected chi connectivity index (χ0v) is 15.2. The minimum absolute atomic E-state index is 0.171. The van der Waals surface area contributed by atoms with Gasteiger partial charge >= 0.3 is 0 Å². The molecule has 140 valence electrons. The van der Waals surface area contributed by atoms with E-state index < -0.39 is 11.9 Å². The van der Waals surface area contributed by atoms with Gasteiger partial charge in [-0.25, -0.2) is 4.98 Å². The molecule has 0 bridgehead atoms. The first kappa shape index (κ1) is 17.6. The normalized spacial score (nSPS) is 19.2. The van der Waals surface area contributed by atoms with Crippen LogP contribution in [-0.4, -0.2) is 38.0 Å². The molecule has 27 heavy (non-hydrogen) atoms. The fourth-order valence-corrected chi connectivity index (χ4v) is 3.91. The summed E-state index contributed by atoms with van der Waals surface area (Å²) in [6.45, 7) is 1.21. The van der Waals surface area contributed by atoms with Crippen LogP contribution in [0.1, 0.15) is 40.2 Å². The van der Waals surface area contributed by atoms with Crippen LogP contribution in [0.5, 0.6) is 0 Å². The highest BCUT2D eigenvalue weighted by Crippen LogP contribution is 2.28. The maximum Gasteiger partial charge on any atom is 0.255 e. The summed E-state index contributed by atoms with van der Waals surface area (Å²) in [6, 6.07) is 5.02. The van der Waals surface area contributed by atoms with Gasteiger partial charge in [-0.2, -0.15) is 4.37 Å². The second-order valence-corrected chi connectivity index (χ2v) is 7.22. The number of benzene rings is 1. The van der Waals surface area contributed by atoms with Crippen LogP contribution in [0.15, 0.2) is 18.2 Å². The van der Waals surface area contributed by atoms with Gasteiger partial charge in [0.1, 0.15) is 6.04 Å². The fraction of sp³-hybridized carbons (Fsp3) is 0.353. The molecule has 0 radical (unpaired) electrons. The Kier molecular flexibility index (Phi) is 4.58. The third kappa shape index (κ3) is 3.40. The van der Waals surface area contributed by atoms with Gasteiger partial charge in [-0.15, -0.1) is 0 Å². The van der Waals surface area contributed by atoms with E-state index in [1.54, 1.807) is 11.0 Å². The molecule has 1 fully saturated rings. The van der Waals surface area contributed by atoms with Gasteiger partial charge in [0.15, 0.2) is 5.82 Å². The third-order valence-electron chi connectivity index (χ3n) is 4.68. The summed E-state index contributed by atoms with van der Waals surface area (Å²) in [4.78, 5) is 41.9. The van der Waals surface area contributed by atoms with Crippen molar-refractivity contribution >= 4 is 34.4 Å². The smallest absolute Gasteiger partial charge is 0.255 e. The number of hydrogen-bond acceptors (Lipinski definition) is 8. The molecule has 1 aromatic heterocycles. The van der Waals surface area contributed by atoms with Crippen molar-refractivity contribution in [2.24, 2.45) is 5.73 Å². The highest BCUT2D eigenvalue weighted by molar-refractivity contribution is 7.09. The van der Waals surface area contributed by atoms with E-state index >= 15 is 0 Å². The fourth-order valence-electron chi connectivity index (χ4n) is 3.32. The molecule has 3 heterocycles. The van der Waals surface area contributed by atoms with Crippen LogP contribution < -0.4 is 16.4 Å². The van der Waals surface area contributed by atoms with E-state index in [4.69, 9.17) is 5.73 Å². The predicted octanol–water partition coefficient (Wildman–Crippen LogP) is 0.370. The molecule has 10 heteroatoms. The topological polar surface area (TPSA) is 130 Å². The summed E-state index contributed by atoms with van der Waals surface area (Å²) < 4.78 is 4.12. The van der Waals surface area contributed by atoms with Crippen molar-refractivity contribution < 1.29 is 14.4 Å². The lowest BCUT2D eigenvalue weighted by Gasteiger charge is -2.29. The molecule has 0 spiro atoms. The lowest BCUT2D eigenvalue weighted by atomic mass is 10.0. The molecule has 2 aromatic rings. The third-order valence-corrected chi connectivity index (χ3v) is 5.39. The Morgan fingerprint density at radius 3 is 2.93 bits per heavy atom. The molecule has 0 aliphatic carbocycles. The van der Waals surface area contributed by atoms with Crippen molar-refractivity contribution in [2.45, 2.75) is 38.5 Å². The van der Waals surface area contributed by atoms with Gasteiger partial charge in [0.25, 0.3) is 5.91 Å². The monoisotopic (exact) mass is 386 g/mol. The number of nitrogens with two attached hydrogens (primary N) is 1. The standard InChI is InChI=1S/C17H18N6O3S/c18-6-13-20-17(27-22-13)19-7-9-1-2-11-10(5-9)8-23(16(11)26)12-3-4-14(24)21-15(12)25/h1-2,5,12H,3-4,6-8,18H2,(H,19,20,22)(H,21,24,25). The number of imide groups is 1. The Bertz CT molecular complexity index is 927. The number of nitrogens with zero attached hydrogens (tertiary/aromatic N) is 3. The predicted molar refractivity (Wildman–Crippen MR) is 97.6 cm³/mol. The number of aromatic nitrogens is 2. The molecule has 4 N–H and O–H groups in total. The molecular formula is C17H18N6O3S. The number of rotatable bonds is 5. The van der Waals surface area contributed by atoms with E-state index in [0.717, 1.165) is 11.1 Å². The number of fused-ring (bicyclic) bond motifs is 1. The molecule has 3 amide bonds. The van der Waals surface area contributed by atoms with Crippen LogP contribution in [0.25, 0.3) is 0 Å². The number of carbonyl (C=O) groups excluding carboxylic acids is 3. The quantitative estimate of drug-likeness (QED) is 0.633.